The molecule has 0 bridgehead atoms. The second kappa shape index (κ2) is 10.1. The monoisotopic (exact) mass is 492 g/mol. The van der Waals surface area contributed by atoms with Crippen LogP contribution in [0.15, 0.2) is 76.7 Å². The predicted octanol–water partition coefficient (Wildman–Crippen LogP) is 4.86. The number of benzene rings is 3. The Morgan fingerprint density at radius 3 is 2.63 bits per heavy atom. The Hall–Kier alpha value is -4.05. The fourth-order valence-corrected chi connectivity index (χ4v) is 4.46. The second-order valence-electron chi connectivity index (χ2n) is 8.09. The lowest BCUT2D eigenvalue weighted by atomic mass is 10.1. The van der Waals surface area contributed by atoms with Gasteiger partial charge in [-0.05, 0) is 55.8 Å². The van der Waals surface area contributed by atoms with Gasteiger partial charge in [-0.2, -0.15) is 0 Å². The Kier molecular flexibility index (Phi) is 6.92. The molecule has 0 aliphatic heterocycles. The lowest BCUT2D eigenvalue weighted by molar-refractivity contribution is -0.384. The normalized spacial score (nSPS) is 11.1. The molecule has 1 heterocycles. The number of thioether (sulfide) groups is 1. The molecule has 1 aromatic heterocycles. The average Bonchev–Trinajstić information content (AvgIpc) is 2.82. The molecular formula is C25H21FN4O4S. The third-order valence-electron chi connectivity index (χ3n) is 5.08. The smallest absolute Gasteiger partial charge is 0.269 e. The molecule has 0 fully saturated rings. The molecule has 0 saturated carbocycles. The van der Waals surface area contributed by atoms with Crippen LogP contribution in [0.4, 0.5) is 10.1 Å². The predicted molar refractivity (Wildman–Crippen MR) is 133 cm³/mol. The summed E-state index contributed by atoms with van der Waals surface area (Å²) in [4.78, 5) is 41.2. The Morgan fingerprint density at radius 2 is 1.91 bits per heavy atom. The highest BCUT2D eigenvalue weighted by Gasteiger charge is 2.17. The third kappa shape index (κ3) is 5.38. The average molecular weight is 493 g/mol. The first-order chi connectivity index (χ1) is 16.7. The second-order valence-corrected chi connectivity index (χ2v) is 9.03. The van der Waals surface area contributed by atoms with Crippen LogP contribution in [0, 0.1) is 15.9 Å². The number of carbonyl (C=O) groups is 1. The van der Waals surface area contributed by atoms with Crippen LogP contribution in [0.5, 0.6) is 0 Å². The molecule has 0 aliphatic rings. The summed E-state index contributed by atoms with van der Waals surface area (Å²) >= 11 is 1.18. The van der Waals surface area contributed by atoms with E-state index in [4.69, 9.17) is 0 Å². The van der Waals surface area contributed by atoms with Crippen LogP contribution in [0.2, 0.25) is 0 Å². The van der Waals surface area contributed by atoms with Gasteiger partial charge in [0.2, 0.25) is 0 Å². The van der Waals surface area contributed by atoms with E-state index in [-0.39, 0.29) is 33.9 Å². The number of non-ortho nitro benzene ring substituents is 1. The summed E-state index contributed by atoms with van der Waals surface area (Å²) in [6.07, 6.45) is 0. The molecule has 0 unspecified atom stereocenters. The number of amides is 1. The summed E-state index contributed by atoms with van der Waals surface area (Å²) in [6, 6.07) is 16.3. The van der Waals surface area contributed by atoms with Gasteiger partial charge in [0.05, 0.1) is 21.5 Å². The van der Waals surface area contributed by atoms with Crippen LogP contribution < -0.4 is 10.9 Å². The summed E-state index contributed by atoms with van der Waals surface area (Å²) in [6.45, 7) is 3.69. The van der Waals surface area contributed by atoms with Crippen molar-refractivity contribution in [2.75, 3.05) is 0 Å². The largest absolute Gasteiger partial charge is 0.350 e. The number of hydrogen-bond donors (Lipinski definition) is 1. The lowest BCUT2D eigenvalue weighted by Crippen LogP contribution is -2.30. The van der Waals surface area contributed by atoms with Crippen molar-refractivity contribution in [2.45, 2.75) is 30.8 Å². The van der Waals surface area contributed by atoms with Gasteiger partial charge in [0.25, 0.3) is 17.2 Å². The van der Waals surface area contributed by atoms with Crippen LogP contribution >= 0.6 is 11.8 Å². The standard InChI is InChI=1S/C25H21FN4O4S/c1-15(2)27-23(31)17-9-10-21-22(12-17)28-25(29(24(21)32)19-7-4-6-18(26)13-19)35-14-16-5-3-8-20(11-16)30(33)34/h3-13,15H,14H2,1-2H3,(H,27,31). The topological polar surface area (TPSA) is 107 Å². The van der Waals surface area contributed by atoms with Crippen molar-refractivity contribution in [2.24, 2.45) is 0 Å². The maximum atomic E-state index is 14.0. The number of hydrogen-bond acceptors (Lipinski definition) is 6. The van der Waals surface area contributed by atoms with Crippen molar-refractivity contribution in [3.05, 3.63) is 104 Å². The van der Waals surface area contributed by atoms with E-state index in [0.29, 0.717) is 22.3 Å². The van der Waals surface area contributed by atoms with Crippen molar-refractivity contribution in [3.8, 4) is 5.69 Å². The zero-order chi connectivity index (χ0) is 25.1. The fraction of sp³-hybridized carbons (Fsp3) is 0.160. The minimum absolute atomic E-state index is 0.0436. The first kappa shape index (κ1) is 24.1. The molecule has 8 nitrogen and oxygen atoms in total. The van der Waals surface area contributed by atoms with E-state index in [1.54, 1.807) is 30.3 Å². The molecule has 4 aromatic rings. The number of nitrogens with zero attached hydrogens (tertiary/aromatic N) is 3. The number of aromatic nitrogens is 2. The van der Waals surface area contributed by atoms with Crippen molar-refractivity contribution in [3.63, 3.8) is 0 Å². The number of fused-ring (bicyclic) bond motifs is 1. The number of nitro benzene ring substituents is 1. The highest BCUT2D eigenvalue weighted by atomic mass is 32.2. The minimum atomic E-state index is -0.509. The zero-order valence-electron chi connectivity index (χ0n) is 18.9. The number of halogens is 1. The van der Waals surface area contributed by atoms with Crippen LogP contribution in [0.3, 0.4) is 0 Å². The van der Waals surface area contributed by atoms with Gasteiger partial charge < -0.3 is 5.32 Å². The molecular weight excluding hydrogens is 471 g/mol. The van der Waals surface area contributed by atoms with Crippen LogP contribution in [0.25, 0.3) is 16.6 Å². The molecule has 3 aromatic carbocycles. The molecule has 0 aliphatic carbocycles. The Labute approximate surface area is 204 Å². The number of carbonyl (C=O) groups excluding carboxylic acids is 1. The van der Waals surface area contributed by atoms with Gasteiger partial charge in [0.15, 0.2) is 5.16 Å². The van der Waals surface area contributed by atoms with E-state index in [9.17, 15) is 24.1 Å². The highest BCUT2D eigenvalue weighted by molar-refractivity contribution is 7.98. The Balaban J connectivity index is 1.82. The van der Waals surface area contributed by atoms with Gasteiger partial charge in [0.1, 0.15) is 5.82 Å². The minimum Gasteiger partial charge on any atom is -0.350 e. The van der Waals surface area contributed by atoms with Gasteiger partial charge >= 0.3 is 0 Å². The van der Waals surface area contributed by atoms with E-state index in [2.05, 4.69) is 10.3 Å². The molecule has 0 radical (unpaired) electrons. The SMILES string of the molecule is CC(C)NC(=O)c1ccc2c(=O)n(-c3cccc(F)c3)c(SCc3cccc([N+](=O)[O-])c3)nc2c1. The summed E-state index contributed by atoms with van der Waals surface area (Å²) in [5.74, 6) is -0.517. The Bertz CT molecular complexity index is 1500. The van der Waals surface area contributed by atoms with E-state index >= 15 is 0 Å². The number of nitro groups is 1. The Morgan fingerprint density at radius 1 is 1.14 bits per heavy atom. The van der Waals surface area contributed by atoms with Crippen molar-refractivity contribution in [1.82, 2.24) is 14.9 Å². The molecule has 0 saturated heterocycles. The summed E-state index contributed by atoms with van der Waals surface area (Å²) < 4.78 is 15.3. The van der Waals surface area contributed by atoms with Gasteiger partial charge in [-0.3, -0.25) is 24.3 Å². The third-order valence-corrected chi connectivity index (χ3v) is 6.09. The van der Waals surface area contributed by atoms with Gasteiger partial charge in [-0.15, -0.1) is 0 Å². The van der Waals surface area contributed by atoms with Crippen LogP contribution in [-0.4, -0.2) is 26.4 Å². The van der Waals surface area contributed by atoms with E-state index < -0.39 is 16.3 Å². The van der Waals surface area contributed by atoms with E-state index in [0.717, 1.165) is 0 Å². The molecule has 4 rings (SSSR count). The first-order valence-electron chi connectivity index (χ1n) is 10.7. The van der Waals surface area contributed by atoms with Crippen LogP contribution in [-0.2, 0) is 5.75 Å². The molecule has 0 atom stereocenters. The maximum Gasteiger partial charge on any atom is 0.269 e. The summed E-state index contributed by atoms with van der Waals surface area (Å²) in [7, 11) is 0. The molecule has 35 heavy (non-hydrogen) atoms. The van der Waals surface area contributed by atoms with E-state index in [1.807, 2.05) is 13.8 Å². The first-order valence-corrected chi connectivity index (χ1v) is 11.7. The molecule has 1 N–H and O–H groups in total. The maximum absolute atomic E-state index is 14.0. The zero-order valence-corrected chi connectivity index (χ0v) is 19.7. The molecule has 178 valence electrons. The van der Waals surface area contributed by atoms with E-state index in [1.165, 1.54) is 52.7 Å². The fourth-order valence-electron chi connectivity index (χ4n) is 3.50. The van der Waals surface area contributed by atoms with Gasteiger partial charge in [-0.25, -0.2) is 9.37 Å². The van der Waals surface area contributed by atoms with Gasteiger partial charge in [0, 0.05) is 29.5 Å². The summed E-state index contributed by atoms with van der Waals surface area (Å²) in [5.41, 5.74) is 1.18. The van der Waals surface area contributed by atoms with Crippen molar-refractivity contribution >= 4 is 34.3 Å². The van der Waals surface area contributed by atoms with Crippen LogP contribution in [0.1, 0.15) is 29.8 Å². The molecule has 1 amide bonds. The highest BCUT2D eigenvalue weighted by Crippen LogP contribution is 2.26. The number of rotatable bonds is 7. The molecule has 0 spiro atoms. The molecule has 10 heteroatoms. The van der Waals surface area contributed by atoms with Crippen molar-refractivity contribution in [1.29, 1.82) is 0 Å². The van der Waals surface area contributed by atoms with Crippen molar-refractivity contribution < 1.29 is 14.1 Å². The van der Waals surface area contributed by atoms with Gasteiger partial charge in [-0.1, -0.05) is 30.0 Å². The number of nitrogens with one attached hydrogen (secondary N) is 1. The quantitative estimate of drug-likeness (QED) is 0.171. The lowest BCUT2D eigenvalue weighted by Gasteiger charge is -2.14. The summed E-state index contributed by atoms with van der Waals surface area (Å²) in [5, 5.41) is 14.5.